The van der Waals surface area contributed by atoms with Gasteiger partial charge in [-0.3, -0.25) is 4.90 Å². The highest BCUT2D eigenvalue weighted by molar-refractivity contribution is 8.00. The molecule has 1 aromatic rings. The maximum absolute atomic E-state index is 13.9. The van der Waals surface area contributed by atoms with E-state index in [1.807, 2.05) is 4.90 Å². The summed E-state index contributed by atoms with van der Waals surface area (Å²) < 4.78 is 5.58. The number of para-hydroxylation sites is 1. The molecule has 0 aromatic heterocycles. The first-order valence-electron chi connectivity index (χ1n) is 12.9. The highest BCUT2D eigenvalue weighted by atomic mass is 32.2. The van der Waals surface area contributed by atoms with Gasteiger partial charge in [0.1, 0.15) is 6.04 Å². The third-order valence-electron chi connectivity index (χ3n) is 6.94. The molecule has 1 aliphatic carbocycles. The quantitative estimate of drug-likeness (QED) is 0.321. The van der Waals surface area contributed by atoms with Crippen molar-refractivity contribution >= 4 is 29.4 Å². The number of rotatable bonds is 8. The summed E-state index contributed by atoms with van der Waals surface area (Å²) in [6.07, 6.45) is 7.75. The first-order valence-corrected chi connectivity index (χ1v) is 13.9. The zero-order valence-corrected chi connectivity index (χ0v) is 21.9. The van der Waals surface area contributed by atoms with Gasteiger partial charge >= 0.3 is 12.0 Å². The SMILES string of the molecule is CCCCOC(=O)C1CSC(C2CCCCC2)N1C(=O)Nc1c(C(C)C)cccc1C(C)C. The minimum absolute atomic E-state index is 0.0303. The largest absolute Gasteiger partial charge is 0.464 e. The smallest absolute Gasteiger partial charge is 0.329 e. The van der Waals surface area contributed by atoms with Gasteiger partial charge in [0.15, 0.2) is 0 Å². The number of unbranched alkanes of at least 4 members (excludes halogenated alkanes) is 1. The monoisotopic (exact) mass is 474 g/mol. The van der Waals surface area contributed by atoms with Crippen LogP contribution >= 0.6 is 11.8 Å². The van der Waals surface area contributed by atoms with Crippen molar-refractivity contribution in [2.75, 3.05) is 17.7 Å². The van der Waals surface area contributed by atoms with Crippen molar-refractivity contribution in [1.29, 1.82) is 0 Å². The first-order chi connectivity index (χ1) is 15.8. The minimum Gasteiger partial charge on any atom is -0.464 e. The zero-order valence-electron chi connectivity index (χ0n) is 21.1. The van der Waals surface area contributed by atoms with Gasteiger partial charge < -0.3 is 10.1 Å². The summed E-state index contributed by atoms with van der Waals surface area (Å²) in [5.74, 6) is 1.37. The zero-order chi connectivity index (χ0) is 24.0. The number of hydrogen-bond donors (Lipinski definition) is 1. The summed E-state index contributed by atoms with van der Waals surface area (Å²) in [4.78, 5) is 28.7. The van der Waals surface area contributed by atoms with Crippen LogP contribution in [0.2, 0.25) is 0 Å². The number of carbonyl (C=O) groups excluding carboxylic acids is 2. The lowest BCUT2D eigenvalue weighted by Gasteiger charge is -2.35. The van der Waals surface area contributed by atoms with Crippen LogP contribution in [0.1, 0.15) is 103 Å². The average molecular weight is 475 g/mol. The second-order valence-electron chi connectivity index (χ2n) is 10.1. The second kappa shape index (κ2) is 12.1. The standard InChI is InChI=1S/C27H42N2O3S/c1-6-7-16-32-26(30)23-17-33-25(20-12-9-8-10-13-20)29(23)27(31)28-24-21(18(2)3)14-11-15-22(24)19(4)5/h11,14-15,18-20,23,25H,6-10,12-13,16-17H2,1-5H3,(H,28,31). The molecule has 2 amide bonds. The van der Waals surface area contributed by atoms with E-state index in [0.717, 1.165) is 42.5 Å². The Morgan fingerprint density at radius 2 is 1.73 bits per heavy atom. The van der Waals surface area contributed by atoms with Crippen molar-refractivity contribution in [1.82, 2.24) is 4.90 Å². The number of carbonyl (C=O) groups is 2. The van der Waals surface area contributed by atoms with Crippen molar-refractivity contribution in [3.05, 3.63) is 29.3 Å². The fourth-order valence-corrected chi connectivity index (χ4v) is 6.65. The van der Waals surface area contributed by atoms with Crippen molar-refractivity contribution in [3.63, 3.8) is 0 Å². The van der Waals surface area contributed by atoms with Crippen LogP contribution in [0.5, 0.6) is 0 Å². The predicted octanol–water partition coefficient (Wildman–Crippen LogP) is 7.13. The fourth-order valence-electron chi connectivity index (χ4n) is 5.03. The van der Waals surface area contributed by atoms with Crippen LogP contribution < -0.4 is 5.32 Å². The topological polar surface area (TPSA) is 58.6 Å². The molecule has 5 nitrogen and oxygen atoms in total. The minimum atomic E-state index is -0.521. The normalized spacial score (nSPS) is 21.6. The predicted molar refractivity (Wildman–Crippen MR) is 138 cm³/mol. The van der Waals surface area contributed by atoms with Crippen LogP contribution in [0.25, 0.3) is 0 Å². The number of amides is 2. The van der Waals surface area contributed by atoms with Gasteiger partial charge in [-0.25, -0.2) is 9.59 Å². The molecule has 1 aliphatic heterocycles. The number of nitrogens with one attached hydrogen (secondary N) is 1. The molecule has 6 heteroatoms. The summed E-state index contributed by atoms with van der Waals surface area (Å²) in [6, 6.07) is 5.58. The number of esters is 1. The molecule has 0 bridgehead atoms. The molecular weight excluding hydrogens is 432 g/mol. The van der Waals surface area contributed by atoms with Crippen LogP contribution in [0.15, 0.2) is 18.2 Å². The molecule has 1 saturated carbocycles. The van der Waals surface area contributed by atoms with E-state index in [9.17, 15) is 9.59 Å². The molecule has 184 valence electrons. The van der Waals surface area contributed by atoms with Gasteiger partial charge in [-0.2, -0.15) is 0 Å². The van der Waals surface area contributed by atoms with E-state index < -0.39 is 6.04 Å². The second-order valence-corrected chi connectivity index (χ2v) is 11.3. The lowest BCUT2D eigenvalue weighted by Crippen LogP contribution is -2.50. The van der Waals surface area contributed by atoms with E-state index in [4.69, 9.17) is 4.74 Å². The van der Waals surface area contributed by atoms with Crippen molar-refractivity contribution in [2.24, 2.45) is 5.92 Å². The van der Waals surface area contributed by atoms with E-state index >= 15 is 0 Å². The van der Waals surface area contributed by atoms with Crippen LogP contribution in [-0.2, 0) is 9.53 Å². The number of hydrogen-bond acceptors (Lipinski definition) is 4. The maximum atomic E-state index is 13.9. The molecule has 2 fully saturated rings. The third-order valence-corrected chi connectivity index (χ3v) is 8.40. The average Bonchev–Trinajstić information content (AvgIpc) is 3.25. The number of anilines is 1. The highest BCUT2D eigenvalue weighted by Crippen LogP contribution is 2.41. The summed E-state index contributed by atoms with van der Waals surface area (Å²) >= 11 is 1.76. The molecule has 0 spiro atoms. The molecule has 2 aliphatic rings. The van der Waals surface area contributed by atoms with Gasteiger partial charge in [0.05, 0.1) is 12.0 Å². The Balaban J connectivity index is 1.89. The maximum Gasteiger partial charge on any atom is 0.329 e. The van der Waals surface area contributed by atoms with Gasteiger partial charge in [-0.05, 0) is 48.1 Å². The van der Waals surface area contributed by atoms with Crippen molar-refractivity contribution in [2.45, 2.75) is 103 Å². The van der Waals surface area contributed by atoms with Crippen LogP contribution in [0.3, 0.4) is 0 Å². The van der Waals surface area contributed by atoms with Gasteiger partial charge in [-0.15, -0.1) is 11.8 Å². The molecule has 2 atom stereocenters. The molecule has 1 aromatic carbocycles. The van der Waals surface area contributed by atoms with Gasteiger partial charge in [0.25, 0.3) is 0 Å². The third kappa shape index (κ3) is 6.26. The molecule has 3 rings (SSSR count). The summed E-state index contributed by atoms with van der Waals surface area (Å²) in [5.41, 5.74) is 3.18. The van der Waals surface area contributed by atoms with Crippen molar-refractivity contribution < 1.29 is 14.3 Å². The molecule has 0 radical (unpaired) electrons. The van der Waals surface area contributed by atoms with Gasteiger partial charge in [0, 0.05) is 11.4 Å². The van der Waals surface area contributed by atoms with E-state index in [2.05, 4.69) is 58.1 Å². The van der Waals surface area contributed by atoms with E-state index in [0.29, 0.717) is 18.3 Å². The Hall–Kier alpha value is -1.69. The molecule has 33 heavy (non-hydrogen) atoms. The number of benzene rings is 1. The Labute approximate surface area is 204 Å². The number of thioether (sulfide) groups is 1. The Morgan fingerprint density at radius 1 is 1.09 bits per heavy atom. The molecular formula is C27H42N2O3S. The van der Waals surface area contributed by atoms with Gasteiger partial charge in [0.2, 0.25) is 0 Å². The van der Waals surface area contributed by atoms with Crippen LogP contribution in [-0.4, -0.2) is 40.7 Å². The Morgan fingerprint density at radius 3 is 2.30 bits per heavy atom. The van der Waals surface area contributed by atoms with Gasteiger partial charge in [-0.1, -0.05) is 78.5 Å². The Bertz CT molecular complexity index is 778. The molecule has 2 unspecified atom stereocenters. The molecule has 1 N–H and O–H groups in total. The summed E-state index contributed by atoms with van der Waals surface area (Å²) in [5, 5.41) is 3.30. The van der Waals surface area contributed by atoms with E-state index in [-0.39, 0.29) is 29.2 Å². The molecule has 1 heterocycles. The fraction of sp³-hybridized carbons (Fsp3) is 0.704. The highest BCUT2D eigenvalue weighted by Gasteiger charge is 2.46. The van der Waals surface area contributed by atoms with E-state index in [1.165, 1.54) is 19.3 Å². The first kappa shape index (κ1) is 25.9. The summed E-state index contributed by atoms with van der Waals surface area (Å²) in [7, 11) is 0. The Kier molecular flexibility index (Phi) is 9.54. The summed E-state index contributed by atoms with van der Waals surface area (Å²) in [6.45, 7) is 11.1. The van der Waals surface area contributed by atoms with Crippen LogP contribution in [0, 0.1) is 5.92 Å². The lowest BCUT2D eigenvalue weighted by atomic mass is 9.88. The number of nitrogens with zero attached hydrogens (tertiary/aromatic N) is 1. The lowest BCUT2D eigenvalue weighted by molar-refractivity contribution is -0.148. The number of ether oxygens (including phenoxy) is 1. The number of urea groups is 1. The van der Waals surface area contributed by atoms with Crippen LogP contribution in [0.4, 0.5) is 10.5 Å². The van der Waals surface area contributed by atoms with E-state index in [1.54, 1.807) is 11.8 Å². The van der Waals surface area contributed by atoms with Crippen molar-refractivity contribution in [3.8, 4) is 0 Å². The molecule has 1 saturated heterocycles.